The quantitative estimate of drug-likeness (QED) is 0.669. The maximum absolute atomic E-state index is 13.1. The van der Waals surface area contributed by atoms with Gasteiger partial charge in [0, 0.05) is 6.04 Å². The topological polar surface area (TPSA) is 26.0 Å². The van der Waals surface area contributed by atoms with Crippen LogP contribution in [0.2, 0.25) is 0 Å². The number of alkyl halides is 6. The zero-order chi connectivity index (χ0) is 16.5. The smallest absolute Gasteiger partial charge is 0.324 e. The highest BCUT2D eigenvalue weighted by Gasteiger charge is 2.39. The second kappa shape index (κ2) is 7.30. The Bertz CT molecular complexity index is 520. The Hall–Kier alpha value is -0.950. The van der Waals surface area contributed by atoms with Crippen LogP contribution in [0, 0.1) is 5.92 Å². The van der Waals surface area contributed by atoms with Gasteiger partial charge >= 0.3 is 12.4 Å². The molecule has 0 aromatic heterocycles. The Morgan fingerprint density at radius 1 is 0.913 bits per heavy atom. The molecule has 0 bridgehead atoms. The maximum Gasteiger partial charge on any atom is 0.416 e. The van der Waals surface area contributed by atoms with E-state index < -0.39 is 35.1 Å². The molecule has 23 heavy (non-hydrogen) atoms. The van der Waals surface area contributed by atoms with Crippen LogP contribution in [-0.4, -0.2) is 0 Å². The summed E-state index contributed by atoms with van der Waals surface area (Å²) in [6, 6.07) is 0.474. The van der Waals surface area contributed by atoms with Crippen molar-refractivity contribution in [1.29, 1.82) is 0 Å². The number of hydrogen-bond acceptors (Lipinski definition) is 1. The van der Waals surface area contributed by atoms with Gasteiger partial charge in [0.15, 0.2) is 0 Å². The molecule has 0 aliphatic heterocycles. The van der Waals surface area contributed by atoms with E-state index in [1.54, 1.807) is 0 Å². The van der Waals surface area contributed by atoms with Gasteiger partial charge < -0.3 is 5.73 Å². The van der Waals surface area contributed by atoms with Crippen LogP contribution in [0.3, 0.4) is 0 Å². The van der Waals surface area contributed by atoms with Gasteiger partial charge in [0.2, 0.25) is 0 Å². The molecule has 0 radical (unpaired) electrons. The fraction of sp³-hybridized carbons (Fsp3) is 0.600. The zero-order valence-electron chi connectivity index (χ0n) is 12.2. The highest BCUT2D eigenvalue weighted by molar-refractivity contribution is 5.85. The average molecular weight is 362 g/mol. The number of benzene rings is 1. The van der Waals surface area contributed by atoms with E-state index >= 15 is 0 Å². The second-order valence-electron chi connectivity index (χ2n) is 5.72. The molecule has 0 unspecified atom stereocenters. The molecule has 1 aliphatic carbocycles. The molecule has 1 atom stereocenters. The third kappa shape index (κ3) is 4.76. The van der Waals surface area contributed by atoms with Gasteiger partial charge in [-0.25, -0.2) is 0 Å². The Kier molecular flexibility index (Phi) is 6.38. The summed E-state index contributed by atoms with van der Waals surface area (Å²) in [5, 5.41) is 0. The Balaban J connectivity index is 0.00000264. The van der Waals surface area contributed by atoms with Crippen molar-refractivity contribution in [3.63, 3.8) is 0 Å². The van der Waals surface area contributed by atoms with E-state index in [2.05, 4.69) is 0 Å². The minimum atomic E-state index is -4.72. The molecule has 1 fully saturated rings. The normalized spacial score (nSPS) is 18.4. The largest absolute Gasteiger partial charge is 0.416 e. The monoisotopic (exact) mass is 361 g/mol. The summed E-state index contributed by atoms with van der Waals surface area (Å²) in [6.07, 6.45) is -5.43. The van der Waals surface area contributed by atoms with Gasteiger partial charge in [0.1, 0.15) is 0 Å². The van der Waals surface area contributed by atoms with Gasteiger partial charge in [0.25, 0.3) is 0 Å². The first-order valence-corrected chi connectivity index (χ1v) is 7.14. The van der Waals surface area contributed by atoms with Crippen LogP contribution in [0.15, 0.2) is 18.2 Å². The summed E-state index contributed by atoms with van der Waals surface area (Å²) in [6.45, 7) is 0. The van der Waals surface area contributed by atoms with Crippen LogP contribution in [0.4, 0.5) is 26.3 Å². The molecule has 0 amide bonds. The summed E-state index contributed by atoms with van der Waals surface area (Å²) in [5.74, 6) is -0.210. The van der Waals surface area contributed by atoms with Crippen LogP contribution in [0.25, 0.3) is 0 Å². The summed E-state index contributed by atoms with van der Waals surface area (Å²) in [7, 11) is 0. The summed E-state index contributed by atoms with van der Waals surface area (Å²) < 4.78 is 77.5. The second-order valence-corrected chi connectivity index (χ2v) is 5.72. The molecule has 1 nitrogen and oxygen atoms in total. The molecule has 1 aromatic carbocycles. The first-order chi connectivity index (χ1) is 10.1. The van der Waals surface area contributed by atoms with Crippen LogP contribution < -0.4 is 5.73 Å². The molecule has 1 aliphatic rings. The molecule has 8 heteroatoms. The van der Waals surface area contributed by atoms with Crippen LogP contribution in [0.1, 0.15) is 54.8 Å². The van der Waals surface area contributed by atoms with Crippen molar-refractivity contribution in [2.75, 3.05) is 0 Å². The predicted octanol–water partition coefficient (Wildman–Crippen LogP) is 5.73. The Labute approximate surface area is 136 Å². The lowest BCUT2D eigenvalue weighted by atomic mass is 9.80. The fourth-order valence-corrected chi connectivity index (χ4v) is 3.02. The number of nitrogens with two attached hydrogens (primary N) is 1. The molecule has 2 N–H and O–H groups in total. The van der Waals surface area contributed by atoms with Crippen molar-refractivity contribution in [2.24, 2.45) is 11.7 Å². The van der Waals surface area contributed by atoms with E-state index in [4.69, 9.17) is 5.73 Å². The third-order valence-electron chi connectivity index (χ3n) is 4.20. The van der Waals surface area contributed by atoms with Gasteiger partial charge in [-0.1, -0.05) is 19.3 Å². The standard InChI is InChI=1S/C15H17F6N.ClH/c16-14(17,18)10-6-7-12(15(19,20)21)11(8-10)13(22)9-4-2-1-3-5-9;/h6-9,13H,1-5,22H2;1H/t13-;/m1./s1. The van der Waals surface area contributed by atoms with Gasteiger partial charge in [-0.2, -0.15) is 26.3 Å². The molecule has 1 saturated carbocycles. The van der Waals surface area contributed by atoms with Gasteiger partial charge in [-0.15, -0.1) is 12.4 Å². The summed E-state index contributed by atoms with van der Waals surface area (Å²) in [4.78, 5) is 0. The highest BCUT2D eigenvalue weighted by Crippen LogP contribution is 2.42. The van der Waals surface area contributed by atoms with Crippen molar-refractivity contribution < 1.29 is 26.3 Å². The number of halogens is 7. The predicted molar refractivity (Wildman–Crippen MR) is 77.2 cm³/mol. The van der Waals surface area contributed by atoms with E-state index in [9.17, 15) is 26.3 Å². The third-order valence-corrected chi connectivity index (χ3v) is 4.20. The van der Waals surface area contributed by atoms with E-state index in [0.29, 0.717) is 31.0 Å². The van der Waals surface area contributed by atoms with Gasteiger partial charge in [-0.05, 0) is 42.5 Å². The van der Waals surface area contributed by atoms with Gasteiger partial charge in [-0.3, -0.25) is 0 Å². The molecule has 0 saturated heterocycles. The van der Waals surface area contributed by atoms with Crippen molar-refractivity contribution in [3.05, 3.63) is 34.9 Å². The lowest BCUT2D eigenvalue weighted by molar-refractivity contribution is -0.142. The zero-order valence-corrected chi connectivity index (χ0v) is 13.0. The molecular formula is C15H18ClF6N. The summed E-state index contributed by atoms with van der Waals surface area (Å²) in [5.41, 5.74) is 3.30. The molecule has 132 valence electrons. The number of hydrogen-bond donors (Lipinski definition) is 1. The van der Waals surface area contributed by atoms with Crippen molar-refractivity contribution in [3.8, 4) is 0 Å². The molecule has 2 rings (SSSR count). The first-order valence-electron chi connectivity index (χ1n) is 7.14. The lowest BCUT2D eigenvalue weighted by Crippen LogP contribution is -2.27. The lowest BCUT2D eigenvalue weighted by Gasteiger charge is -2.30. The van der Waals surface area contributed by atoms with Crippen molar-refractivity contribution in [2.45, 2.75) is 50.5 Å². The van der Waals surface area contributed by atoms with E-state index in [-0.39, 0.29) is 18.3 Å². The minimum Gasteiger partial charge on any atom is -0.324 e. The Morgan fingerprint density at radius 3 is 1.96 bits per heavy atom. The average Bonchev–Trinajstić information content (AvgIpc) is 2.45. The van der Waals surface area contributed by atoms with E-state index in [0.717, 1.165) is 19.3 Å². The molecule has 1 aromatic rings. The van der Waals surface area contributed by atoms with Crippen molar-refractivity contribution in [1.82, 2.24) is 0 Å². The molecule has 0 spiro atoms. The first kappa shape index (κ1) is 20.1. The minimum absolute atomic E-state index is 0. The Morgan fingerprint density at radius 2 is 1.48 bits per heavy atom. The van der Waals surface area contributed by atoms with Gasteiger partial charge in [0.05, 0.1) is 11.1 Å². The summed E-state index contributed by atoms with van der Waals surface area (Å²) >= 11 is 0. The maximum atomic E-state index is 13.1. The van der Waals surface area contributed by atoms with Crippen LogP contribution >= 0.6 is 12.4 Å². The molecule has 0 heterocycles. The fourth-order valence-electron chi connectivity index (χ4n) is 3.02. The highest BCUT2D eigenvalue weighted by atomic mass is 35.5. The van der Waals surface area contributed by atoms with Crippen molar-refractivity contribution >= 4 is 12.4 Å². The van der Waals surface area contributed by atoms with E-state index in [1.165, 1.54) is 0 Å². The SMILES string of the molecule is Cl.N[C@@H](c1cc(C(F)(F)F)ccc1C(F)(F)F)C1CCCCC1. The number of rotatable bonds is 2. The molecular weight excluding hydrogens is 344 g/mol. The van der Waals surface area contributed by atoms with Crippen LogP contribution in [-0.2, 0) is 12.4 Å². The van der Waals surface area contributed by atoms with Crippen LogP contribution in [0.5, 0.6) is 0 Å². The van der Waals surface area contributed by atoms with E-state index in [1.807, 2.05) is 0 Å².